The first kappa shape index (κ1) is 13.5. The van der Waals surface area contributed by atoms with E-state index in [1.54, 1.807) is 0 Å². The monoisotopic (exact) mass is 294 g/mol. The van der Waals surface area contributed by atoms with Crippen molar-refractivity contribution in [1.82, 2.24) is 14.6 Å². The predicted molar refractivity (Wildman–Crippen MR) is 78.4 cm³/mol. The number of rotatable bonds is 2. The summed E-state index contributed by atoms with van der Waals surface area (Å²) in [6.07, 6.45) is 2.39. The molecule has 1 saturated heterocycles. The van der Waals surface area contributed by atoms with Crippen LogP contribution in [-0.2, 0) is 4.74 Å². The Morgan fingerprint density at radius 3 is 2.80 bits per heavy atom. The molecule has 1 unspecified atom stereocenters. The SMILES string of the molecule is CC1(C)CC(Nc2nn3c(=O)ccnc3s2)C(C)(C)O1. The lowest BCUT2D eigenvalue weighted by Gasteiger charge is -2.27. The number of hydrogen-bond donors (Lipinski definition) is 1. The molecule has 0 aromatic carbocycles. The van der Waals surface area contributed by atoms with Gasteiger partial charge in [-0.25, -0.2) is 4.98 Å². The summed E-state index contributed by atoms with van der Waals surface area (Å²) in [5, 5.41) is 8.36. The van der Waals surface area contributed by atoms with Gasteiger partial charge in [0.05, 0.1) is 17.2 Å². The second-order valence-electron chi connectivity index (χ2n) is 6.25. The maximum Gasteiger partial charge on any atom is 0.275 e. The summed E-state index contributed by atoms with van der Waals surface area (Å²) in [6, 6.07) is 1.55. The van der Waals surface area contributed by atoms with E-state index in [9.17, 15) is 4.79 Å². The van der Waals surface area contributed by atoms with Gasteiger partial charge in [-0.2, -0.15) is 4.52 Å². The Hall–Kier alpha value is -1.47. The second kappa shape index (κ2) is 4.26. The first-order valence-corrected chi connectivity index (χ1v) is 7.40. The van der Waals surface area contributed by atoms with Crippen LogP contribution in [0.4, 0.5) is 5.13 Å². The average molecular weight is 294 g/mol. The van der Waals surface area contributed by atoms with Gasteiger partial charge >= 0.3 is 0 Å². The summed E-state index contributed by atoms with van der Waals surface area (Å²) in [7, 11) is 0. The number of anilines is 1. The summed E-state index contributed by atoms with van der Waals surface area (Å²) >= 11 is 1.37. The summed E-state index contributed by atoms with van der Waals surface area (Å²) in [6.45, 7) is 8.30. The maximum absolute atomic E-state index is 11.7. The third-order valence-corrected chi connectivity index (χ3v) is 4.40. The number of fused-ring (bicyclic) bond motifs is 1. The minimum absolute atomic E-state index is 0.147. The number of nitrogens with one attached hydrogen (secondary N) is 1. The Morgan fingerprint density at radius 1 is 1.45 bits per heavy atom. The van der Waals surface area contributed by atoms with Gasteiger partial charge in [0.15, 0.2) is 0 Å². The van der Waals surface area contributed by atoms with Crippen molar-refractivity contribution in [3.8, 4) is 0 Å². The van der Waals surface area contributed by atoms with Crippen LogP contribution in [-0.4, -0.2) is 31.8 Å². The highest BCUT2D eigenvalue weighted by Gasteiger charge is 2.46. The van der Waals surface area contributed by atoms with Gasteiger partial charge in [0, 0.05) is 12.3 Å². The van der Waals surface area contributed by atoms with Crippen LogP contribution >= 0.6 is 11.3 Å². The molecule has 3 rings (SSSR count). The van der Waals surface area contributed by atoms with E-state index in [1.807, 2.05) is 0 Å². The largest absolute Gasteiger partial charge is 0.367 e. The maximum atomic E-state index is 11.7. The molecule has 20 heavy (non-hydrogen) atoms. The van der Waals surface area contributed by atoms with Crippen LogP contribution in [0.5, 0.6) is 0 Å². The Balaban J connectivity index is 1.90. The van der Waals surface area contributed by atoms with Crippen LogP contribution in [0.25, 0.3) is 4.96 Å². The summed E-state index contributed by atoms with van der Waals surface area (Å²) < 4.78 is 7.37. The molecule has 7 heteroatoms. The molecule has 1 N–H and O–H groups in total. The Morgan fingerprint density at radius 2 is 2.20 bits per heavy atom. The molecule has 1 atom stereocenters. The van der Waals surface area contributed by atoms with Crippen molar-refractivity contribution in [3.05, 3.63) is 22.6 Å². The van der Waals surface area contributed by atoms with Crippen molar-refractivity contribution in [3.63, 3.8) is 0 Å². The molecular weight excluding hydrogens is 276 g/mol. The fourth-order valence-electron chi connectivity index (χ4n) is 2.74. The molecule has 0 saturated carbocycles. The number of aromatic nitrogens is 3. The highest BCUT2D eigenvalue weighted by molar-refractivity contribution is 7.20. The molecule has 0 bridgehead atoms. The van der Waals surface area contributed by atoms with Gasteiger partial charge in [-0.15, -0.1) is 5.10 Å². The zero-order valence-electron chi connectivity index (χ0n) is 12.0. The molecule has 1 fully saturated rings. The molecule has 3 heterocycles. The third-order valence-electron chi connectivity index (χ3n) is 3.54. The first-order valence-electron chi connectivity index (χ1n) is 6.58. The molecule has 2 aromatic heterocycles. The van der Waals surface area contributed by atoms with Crippen molar-refractivity contribution in [1.29, 1.82) is 0 Å². The van der Waals surface area contributed by atoms with Crippen LogP contribution < -0.4 is 10.9 Å². The molecule has 0 spiro atoms. The van der Waals surface area contributed by atoms with Crippen LogP contribution in [0.15, 0.2) is 17.1 Å². The van der Waals surface area contributed by atoms with Gasteiger partial charge < -0.3 is 10.1 Å². The van der Waals surface area contributed by atoms with Gasteiger partial charge in [-0.05, 0) is 34.1 Å². The van der Waals surface area contributed by atoms with Crippen LogP contribution in [0.3, 0.4) is 0 Å². The molecular formula is C13H18N4O2S. The summed E-state index contributed by atoms with van der Waals surface area (Å²) in [4.78, 5) is 16.4. The molecule has 2 aromatic rings. The number of ether oxygens (including phenoxy) is 1. The fraction of sp³-hybridized carbons (Fsp3) is 0.615. The minimum Gasteiger partial charge on any atom is -0.367 e. The van der Waals surface area contributed by atoms with Gasteiger partial charge in [-0.3, -0.25) is 4.79 Å². The van der Waals surface area contributed by atoms with Crippen LogP contribution in [0.1, 0.15) is 34.1 Å². The van der Waals surface area contributed by atoms with Gasteiger partial charge in [0.1, 0.15) is 0 Å². The predicted octanol–water partition coefficient (Wildman–Crippen LogP) is 1.91. The second-order valence-corrected chi connectivity index (χ2v) is 7.21. The quantitative estimate of drug-likeness (QED) is 0.916. The first-order chi connectivity index (χ1) is 9.27. The van der Waals surface area contributed by atoms with Crippen molar-refractivity contribution in [2.75, 3.05) is 5.32 Å². The van der Waals surface area contributed by atoms with E-state index >= 15 is 0 Å². The average Bonchev–Trinajstić information content (AvgIpc) is 2.78. The van der Waals surface area contributed by atoms with Gasteiger partial charge in [0.25, 0.3) is 5.56 Å². The van der Waals surface area contributed by atoms with Crippen molar-refractivity contribution in [2.24, 2.45) is 0 Å². The molecule has 0 radical (unpaired) electrons. The van der Waals surface area contributed by atoms with Crippen LogP contribution in [0, 0.1) is 0 Å². The molecule has 108 valence electrons. The standard InChI is InChI=1S/C13H18N4O2S/c1-12(2)7-8(13(3,4)19-12)15-10-16-17-9(18)5-6-14-11(17)20-10/h5-6,8H,7H2,1-4H3,(H,15,16). The van der Waals surface area contributed by atoms with E-state index in [1.165, 1.54) is 28.1 Å². The normalized spacial score (nSPS) is 24.1. The number of hydrogen-bond acceptors (Lipinski definition) is 6. The third kappa shape index (κ3) is 2.31. The zero-order valence-corrected chi connectivity index (χ0v) is 12.8. The van der Waals surface area contributed by atoms with Crippen LogP contribution in [0.2, 0.25) is 0 Å². The molecule has 0 amide bonds. The minimum atomic E-state index is -0.278. The smallest absolute Gasteiger partial charge is 0.275 e. The lowest BCUT2D eigenvalue weighted by molar-refractivity contribution is -0.0662. The number of nitrogens with zero attached hydrogens (tertiary/aromatic N) is 3. The summed E-state index contributed by atoms with van der Waals surface area (Å²) in [5.74, 6) is 0. The molecule has 1 aliphatic rings. The molecule has 6 nitrogen and oxygen atoms in total. The van der Waals surface area contributed by atoms with Crippen molar-refractivity contribution in [2.45, 2.75) is 51.4 Å². The van der Waals surface area contributed by atoms with E-state index in [-0.39, 0.29) is 22.8 Å². The van der Waals surface area contributed by atoms with Gasteiger partial charge in [0.2, 0.25) is 10.1 Å². The molecule has 0 aliphatic carbocycles. The van der Waals surface area contributed by atoms with Crippen molar-refractivity contribution < 1.29 is 4.74 Å². The van der Waals surface area contributed by atoms with E-state index in [4.69, 9.17) is 4.74 Å². The topological polar surface area (TPSA) is 68.5 Å². The Labute approximate surface area is 120 Å². The highest BCUT2D eigenvalue weighted by atomic mass is 32.1. The van der Waals surface area contributed by atoms with E-state index in [0.717, 1.165) is 6.42 Å². The lowest BCUT2D eigenvalue weighted by Crippen LogP contribution is -2.38. The molecule has 1 aliphatic heterocycles. The Bertz CT molecular complexity index is 704. The van der Waals surface area contributed by atoms with Crippen molar-refractivity contribution >= 4 is 21.4 Å². The van der Waals surface area contributed by atoms with E-state index in [2.05, 4.69) is 43.1 Å². The Kier molecular flexibility index (Phi) is 2.88. The zero-order chi connectivity index (χ0) is 14.5. The highest BCUT2D eigenvalue weighted by Crippen LogP contribution is 2.39. The van der Waals surface area contributed by atoms with E-state index in [0.29, 0.717) is 10.1 Å². The summed E-state index contributed by atoms with van der Waals surface area (Å²) in [5.41, 5.74) is -0.603. The fourth-order valence-corrected chi connectivity index (χ4v) is 3.57. The van der Waals surface area contributed by atoms with Gasteiger partial charge in [-0.1, -0.05) is 11.3 Å². The lowest BCUT2D eigenvalue weighted by atomic mass is 9.95. The van der Waals surface area contributed by atoms with E-state index < -0.39 is 0 Å².